The van der Waals surface area contributed by atoms with Gasteiger partial charge in [-0.05, 0) is 35.0 Å². The molecule has 8 rings (SSSR count). The number of hydrogen-bond donors (Lipinski definition) is 4. The van der Waals surface area contributed by atoms with E-state index in [1.54, 1.807) is 18.5 Å². The molecule has 8 aromatic rings. The third-order valence-corrected chi connectivity index (χ3v) is 8.98. The van der Waals surface area contributed by atoms with Gasteiger partial charge >= 0.3 is 5.95 Å². The van der Waals surface area contributed by atoms with Gasteiger partial charge in [-0.25, -0.2) is 20.3 Å². The number of nitroso groups, excluding NO2 is 2. The van der Waals surface area contributed by atoms with E-state index in [-0.39, 0.29) is 44.7 Å². The van der Waals surface area contributed by atoms with E-state index in [1.165, 1.54) is 42.4 Å². The van der Waals surface area contributed by atoms with Crippen LogP contribution in [0.4, 0.5) is 38.8 Å². The standard InChI is InChI=1S/C20H18N6O2.C13H10ClN3.C7H7FN2O2.2H2O/c1-26-11-13(12-5-3-4-6-18(12)26)15-7-8-22-20(23-15)24-17-10-16(25-27)14(21)9-19(17)28-2;1-17-8-10(9-4-2-3-5-12(9)17)11-6-7-15-13(14)16-11;1-12-7-2-4(8)6(10-11)3-5(7)9;;/h3-11H,21H2,1-2H3,(H,22,23,24);2-8H,1H3;2-3H,9H2,1H3;2*1H2. The molecule has 17 nitrogen and oxygen atoms in total. The van der Waals surface area contributed by atoms with E-state index >= 15 is 0 Å². The molecule has 0 radical (unpaired) electrons. The fraction of sp³-hybridized carbons (Fsp3) is 0.100. The van der Waals surface area contributed by atoms with E-state index < -0.39 is 5.82 Å². The third kappa shape index (κ3) is 9.71. The van der Waals surface area contributed by atoms with E-state index in [1.807, 2.05) is 50.5 Å². The van der Waals surface area contributed by atoms with Crippen molar-refractivity contribution < 1.29 is 35.0 Å². The number of aromatic nitrogens is 6. The van der Waals surface area contributed by atoms with Crippen LogP contribution in [0.5, 0.6) is 11.5 Å². The summed E-state index contributed by atoms with van der Waals surface area (Å²) in [6.07, 6.45) is 7.58. The summed E-state index contributed by atoms with van der Waals surface area (Å²) in [6.45, 7) is 0. The number of rotatable bonds is 8. The van der Waals surface area contributed by atoms with Crippen molar-refractivity contribution in [2.75, 3.05) is 31.0 Å². The van der Waals surface area contributed by atoms with Crippen LogP contribution >= 0.6 is 11.6 Å². The van der Waals surface area contributed by atoms with Gasteiger partial charge in [0.15, 0.2) is 11.4 Å². The van der Waals surface area contributed by atoms with Gasteiger partial charge in [-0.15, -0.1) is 4.91 Å². The summed E-state index contributed by atoms with van der Waals surface area (Å²) >= 11 is 5.82. The number of aromatic amines is 1. The highest BCUT2D eigenvalue weighted by Crippen LogP contribution is 2.36. The second kappa shape index (κ2) is 19.6. The number of fused-ring (bicyclic) bond motifs is 2. The van der Waals surface area contributed by atoms with E-state index in [0.717, 1.165) is 39.5 Å². The third-order valence-electron chi connectivity index (χ3n) is 8.80. The number of H-pyrrole nitrogens is 1. The van der Waals surface area contributed by atoms with E-state index in [4.69, 9.17) is 32.5 Å². The molecule has 0 fully saturated rings. The zero-order valence-corrected chi connectivity index (χ0v) is 32.8. The van der Waals surface area contributed by atoms with Gasteiger partial charge in [-0.2, -0.15) is 4.39 Å². The van der Waals surface area contributed by atoms with E-state index in [0.29, 0.717) is 17.4 Å². The summed E-state index contributed by atoms with van der Waals surface area (Å²) in [4.78, 5) is 37.0. The Hall–Kier alpha value is -7.54. The van der Waals surface area contributed by atoms with Crippen molar-refractivity contribution in [2.45, 2.75) is 0 Å². The second-order valence-corrected chi connectivity index (χ2v) is 12.7. The SMILES string of the molecule is COc1cc(F)c([NH+]=O)cc1N.COc1cc(N)c(N=O)cc1Nc1nc(-c2cn(C)c3ccccc23)cc[nH+]1.Cn1cc(-c2ccnc(Cl)n2)c2ccccc21.[OH-].[OH-]. The van der Waals surface area contributed by atoms with E-state index in [9.17, 15) is 14.2 Å². The molecule has 0 amide bonds. The van der Waals surface area contributed by atoms with Gasteiger partial charge < -0.3 is 41.0 Å². The van der Waals surface area contributed by atoms with Crippen LogP contribution in [0, 0.1) is 15.6 Å². The lowest BCUT2D eigenvalue weighted by atomic mass is 10.1. The minimum Gasteiger partial charge on any atom is -0.870 e. The molecule has 4 aromatic carbocycles. The minimum atomic E-state index is -0.684. The average Bonchev–Trinajstić information content (AvgIpc) is 3.75. The molecular formula is C40H39ClFN11O6. The number of ether oxygens (including phenoxy) is 2. The molecule has 4 heterocycles. The zero-order valence-electron chi connectivity index (χ0n) is 32.0. The van der Waals surface area contributed by atoms with Gasteiger partial charge in [-0.1, -0.05) is 41.4 Å². The van der Waals surface area contributed by atoms with Crippen LogP contribution in [0.15, 0.2) is 115 Å². The maximum Gasteiger partial charge on any atom is 0.394 e. The second-order valence-electron chi connectivity index (χ2n) is 12.4. The summed E-state index contributed by atoms with van der Waals surface area (Å²) < 4.78 is 27.0. The van der Waals surface area contributed by atoms with Gasteiger partial charge in [0, 0.05) is 106 Å². The van der Waals surface area contributed by atoms with Crippen molar-refractivity contribution >= 4 is 67.8 Å². The summed E-state index contributed by atoms with van der Waals surface area (Å²) in [5.74, 6) is 0.503. The van der Waals surface area contributed by atoms with Crippen molar-refractivity contribution in [2.24, 2.45) is 19.3 Å². The van der Waals surface area contributed by atoms with Gasteiger partial charge in [0.25, 0.3) is 5.69 Å². The molecule has 0 bridgehead atoms. The maximum atomic E-state index is 12.8. The van der Waals surface area contributed by atoms with Gasteiger partial charge in [0.1, 0.15) is 17.1 Å². The lowest BCUT2D eigenvalue weighted by Gasteiger charge is -2.08. The minimum absolute atomic E-state index is 0. The van der Waals surface area contributed by atoms with Crippen molar-refractivity contribution in [3.63, 3.8) is 0 Å². The Bertz CT molecular complexity index is 2740. The Labute approximate surface area is 341 Å². The number of para-hydroxylation sites is 2. The molecule has 59 heavy (non-hydrogen) atoms. The highest BCUT2D eigenvalue weighted by molar-refractivity contribution is 6.28. The molecule has 19 heteroatoms. The first kappa shape index (κ1) is 44.2. The first-order valence-corrected chi connectivity index (χ1v) is 17.5. The Kier molecular flexibility index (Phi) is 14.6. The summed E-state index contributed by atoms with van der Waals surface area (Å²) in [6, 6.07) is 25.5. The number of aryl methyl sites for hydroxylation is 2. The van der Waals surface area contributed by atoms with Crippen molar-refractivity contribution in [1.82, 2.24) is 24.1 Å². The Morgan fingerprint density at radius 3 is 1.97 bits per heavy atom. The lowest BCUT2D eigenvalue weighted by Crippen LogP contribution is -2.56. The predicted octanol–water partition coefficient (Wildman–Crippen LogP) is 6.62. The van der Waals surface area contributed by atoms with Gasteiger partial charge in [-0.3, -0.25) is 0 Å². The number of nitrogens with two attached hydrogens (primary N) is 2. The van der Waals surface area contributed by atoms with Crippen LogP contribution in [-0.4, -0.2) is 49.3 Å². The molecule has 0 aliphatic rings. The number of nitrogen functional groups attached to an aromatic ring is 2. The molecule has 0 saturated carbocycles. The molecule has 0 aliphatic heterocycles. The Balaban J connectivity index is 0.000000212. The predicted molar refractivity (Wildman–Crippen MR) is 223 cm³/mol. The topological polar surface area (TPSA) is 266 Å². The van der Waals surface area contributed by atoms with Crippen LogP contribution in [0.3, 0.4) is 0 Å². The highest BCUT2D eigenvalue weighted by atomic mass is 35.5. The van der Waals surface area contributed by atoms with Crippen LogP contribution in [0.1, 0.15) is 0 Å². The quantitative estimate of drug-likeness (QED) is 0.0716. The van der Waals surface area contributed by atoms with Crippen LogP contribution < -0.4 is 36.4 Å². The normalized spacial score (nSPS) is 10.2. The fourth-order valence-corrected chi connectivity index (χ4v) is 6.21. The van der Waals surface area contributed by atoms with Crippen molar-refractivity contribution in [1.29, 1.82) is 0 Å². The first-order chi connectivity index (χ1) is 27.5. The molecular weight excluding hydrogens is 785 g/mol. The summed E-state index contributed by atoms with van der Waals surface area (Å²) in [5.41, 5.74) is 18.2. The molecule has 0 aliphatic carbocycles. The smallest absolute Gasteiger partial charge is 0.394 e. The van der Waals surface area contributed by atoms with Crippen LogP contribution in [-0.2, 0) is 14.1 Å². The number of halogens is 2. The molecule has 0 spiro atoms. The Morgan fingerprint density at radius 1 is 0.814 bits per heavy atom. The average molecular weight is 824 g/mol. The van der Waals surface area contributed by atoms with Crippen molar-refractivity contribution in [3.05, 3.63) is 131 Å². The number of benzene rings is 4. The van der Waals surface area contributed by atoms with Crippen LogP contribution in [0.25, 0.3) is 44.3 Å². The van der Waals surface area contributed by atoms with Crippen molar-refractivity contribution in [3.8, 4) is 34.0 Å². The number of anilines is 4. The monoisotopic (exact) mass is 823 g/mol. The fourth-order valence-electron chi connectivity index (χ4n) is 6.06. The number of nitrogens with zero attached hydrogens (tertiary/aromatic N) is 6. The number of methoxy groups -OCH3 is 2. The lowest BCUT2D eigenvalue weighted by molar-refractivity contribution is -0.382. The number of hydrogen-bond acceptors (Lipinski definition) is 13. The number of nitrogens with one attached hydrogen (secondary N) is 3. The molecule has 0 unspecified atom stereocenters. The molecule has 304 valence electrons. The summed E-state index contributed by atoms with van der Waals surface area (Å²) in [7, 11) is 6.93. The molecule has 4 aromatic heterocycles. The van der Waals surface area contributed by atoms with Gasteiger partial charge in [0.2, 0.25) is 11.1 Å². The summed E-state index contributed by atoms with van der Waals surface area (Å²) in [5, 5.41) is 10.1. The molecule has 0 atom stereocenters. The van der Waals surface area contributed by atoms with E-state index in [2.05, 4.69) is 76.2 Å². The maximum absolute atomic E-state index is 12.8. The molecule has 9 N–H and O–H groups in total. The Morgan fingerprint density at radius 2 is 1.41 bits per heavy atom. The molecule has 0 saturated heterocycles. The van der Waals surface area contributed by atoms with Gasteiger partial charge in [0.05, 0.1) is 37.5 Å². The van der Waals surface area contributed by atoms with Crippen LogP contribution in [0.2, 0.25) is 5.28 Å². The highest BCUT2D eigenvalue weighted by Gasteiger charge is 2.18. The first-order valence-electron chi connectivity index (χ1n) is 17.1. The largest absolute Gasteiger partial charge is 0.870 e. The zero-order chi connectivity index (χ0) is 40.6.